The SMILES string of the molecule is Nc1ccc(N2CCN(CCCC(F)(F)F)CC2)cc1. The summed E-state index contributed by atoms with van der Waals surface area (Å²) in [6.45, 7) is 3.82. The number of hydrogen-bond acceptors (Lipinski definition) is 3. The number of alkyl halides is 3. The molecule has 1 heterocycles. The quantitative estimate of drug-likeness (QED) is 0.864. The highest BCUT2D eigenvalue weighted by Gasteiger charge is 2.27. The number of anilines is 2. The van der Waals surface area contributed by atoms with Gasteiger partial charge in [-0.1, -0.05) is 0 Å². The van der Waals surface area contributed by atoms with Crippen molar-refractivity contribution < 1.29 is 13.2 Å². The molecule has 0 amide bonds. The van der Waals surface area contributed by atoms with E-state index in [4.69, 9.17) is 5.73 Å². The highest BCUT2D eigenvalue weighted by atomic mass is 19.4. The van der Waals surface area contributed by atoms with Crippen LogP contribution in [0.3, 0.4) is 0 Å². The Morgan fingerprint density at radius 3 is 2.15 bits per heavy atom. The van der Waals surface area contributed by atoms with Gasteiger partial charge >= 0.3 is 6.18 Å². The van der Waals surface area contributed by atoms with Gasteiger partial charge in [0.2, 0.25) is 0 Å². The third-order valence-electron chi connectivity index (χ3n) is 3.57. The number of halogens is 3. The predicted octanol–water partition coefficient (Wildman–Crippen LogP) is 2.73. The second-order valence-corrected chi connectivity index (χ2v) is 5.14. The van der Waals surface area contributed by atoms with Crippen LogP contribution in [0.2, 0.25) is 0 Å². The van der Waals surface area contributed by atoms with Crippen molar-refractivity contribution in [2.75, 3.05) is 43.4 Å². The van der Waals surface area contributed by atoms with Gasteiger partial charge < -0.3 is 10.6 Å². The molecule has 0 spiro atoms. The minimum atomic E-state index is -4.04. The lowest BCUT2D eigenvalue weighted by atomic mass is 10.2. The van der Waals surface area contributed by atoms with Gasteiger partial charge in [0.05, 0.1) is 0 Å². The Bertz CT molecular complexity index is 409. The zero-order chi connectivity index (χ0) is 14.6. The predicted molar refractivity (Wildman–Crippen MR) is 74.8 cm³/mol. The molecular formula is C14H20F3N3. The lowest BCUT2D eigenvalue weighted by Gasteiger charge is -2.36. The van der Waals surface area contributed by atoms with Crippen molar-refractivity contribution in [2.45, 2.75) is 19.0 Å². The highest BCUT2D eigenvalue weighted by Crippen LogP contribution is 2.22. The van der Waals surface area contributed by atoms with Crippen molar-refractivity contribution in [1.29, 1.82) is 0 Å². The Hall–Kier alpha value is -1.43. The van der Waals surface area contributed by atoms with Gasteiger partial charge in [-0.05, 0) is 37.2 Å². The molecule has 1 saturated heterocycles. The Kier molecular flexibility index (Phi) is 4.75. The molecule has 0 atom stereocenters. The van der Waals surface area contributed by atoms with Crippen molar-refractivity contribution in [2.24, 2.45) is 0 Å². The minimum Gasteiger partial charge on any atom is -0.399 e. The van der Waals surface area contributed by atoms with Crippen molar-refractivity contribution in [1.82, 2.24) is 4.90 Å². The number of rotatable bonds is 4. The summed E-state index contributed by atoms with van der Waals surface area (Å²) in [5.74, 6) is 0. The largest absolute Gasteiger partial charge is 0.399 e. The molecule has 1 aromatic rings. The third kappa shape index (κ3) is 4.59. The fraction of sp³-hybridized carbons (Fsp3) is 0.571. The lowest BCUT2D eigenvalue weighted by molar-refractivity contribution is -0.136. The summed E-state index contributed by atoms with van der Waals surface area (Å²) in [4.78, 5) is 4.33. The van der Waals surface area contributed by atoms with Crippen LogP contribution in [-0.2, 0) is 0 Å². The highest BCUT2D eigenvalue weighted by molar-refractivity contribution is 5.53. The summed E-state index contributed by atoms with van der Waals surface area (Å²) in [5, 5.41) is 0. The average Bonchev–Trinajstić information content (AvgIpc) is 2.39. The van der Waals surface area contributed by atoms with Crippen molar-refractivity contribution in [3.63, 3.8) is 0 Å². The number of nitrogen functional groups attached to an aromatic ring is 1. The molecule has 20 heavy (non-hydrogen) atoms. The Labute approximate surface area is 117 Å². The number of piperazine rings is 1. The van der Waals surface area contributed by atoms with E-state index in [2.05, 4.69) is 9.80 Å². The molecule has 3 nitrogen and oxygen atoms in total. The molecule has 2 N–H and O–H groups in total. The molecule has 1 aliphatic rings. The Morgan fingerprint density at radius 2 is 1.60 bits per heavy atom. The summed E-state index contributed by atoms with van der Waals surface area (Å²) >= 11 is 0. The first-order chi connectivity index (χ1) is 9.44. The van der Waals surface area contributed by atoms with E-state index in [-0.39, 0.29) is 6.42 Å². The van der Waals surface area contributed by atoms with Gasteiger partial charge in [0.15, 0.2) is 0 Å². The fourth-order valence-corrected chi connectivity index (χ4v) is 2.42. The average molecular weight is 287 g/mol. The normalized spacial score (nSPS) is 17.4. The molecular weight excluding hydrogens is 267 g/mol. The van der Waals surface area contributed by atoms with Gasteiger partial charge in [0, 0.05) is 44.0 Å². The van der Waals surface area contributed by atoms with Gasteiger partial charge in [0.1, 0.15) is 0 Å². The number of hydrogen-bond donors (Lipinski definition) is 1. The van der Waals surface area contributed by atoms with Crippen LogP contribution in [0.4, 0.5) is 24.5 Å². The van der Waals surface area contributed by atoms with E-state index < -0.39 is 12.6 Å². The van der Waals surface area contributed by atoms with Crippen LogP contribution in [0.5, 0.6) is 0 Å². The van der Waals surface area contributed by atoms with Crippen LogP contribution >= 0.6 is 0 Å². The fourth-order valence-electron chi connectivity index (χ4n) is 2.42. The molecule has 0 aromatic heterocycles. The van der Waals surface area contributed by atoms with Crippen LogP contribution in [-0.4, -0.2) is 43.8 Å². The van der Waals surface area contributed by atoms with Crippen LogP contribution in [0.15, 0.2) is 24.3 Å². The van der Waals surface area contributed by atoms with E-state index in [9.17, 15) is 13.2 Å². The van der Waals surface area contributed by atoms with Crippen LogP contribution in [0.25, 0.3) is 0 Å². The van der Waals surface area contributed by atoms with E-state index >= 15 is 0 Å². The molecule has 0 bridgehead atoms. The van der Waals surface area contributed by atoms with Crippen molar-refractivity contribution in [3.8, 4) is 0 Å². The Morgan fingerprint density at radius 1 is 1.00 bits per heavy atom. The van der Waals surface area contributed by atoms with Gasteiger partial charge in [-0.15, -0.1) is 0 Å². The molecule has 0 radical (unpaired) electrons. The first-order valence-electron chi connectivity index (χ1n) is 6.84. The van der Waals surface area contributed by atoms with Gasteiger partial charge in [0.25, 0.3) is 0 Å². The summed E-state index contributed by atoms with van der Waals surface area (Å²) in [5.41, 5.74) is 7.50. The second-order valence-electron chi connectivity index (χ2n) is 5.14. The zero-order valence-corrected chi connectivity index (χ0v) is 11.4. The van der Waals surface area contributed by atoms with Crippen LogP contribution in [0.1, 0.15) is 12.8 Å². The summed E-state index contributed by atoms with van der Waals surface area (Å²) in [6.07, 6.45) is -4.54. The molecule has 112 valence electrons. The molecule has 2 rings (SSSR count). The zero-order valence-electron chi connectivity index (χ0n) is 11.4. The van der Waals surface area contributed by atoms with E-state index in [0.717, 1.165) is 37.6 Å². The maximum Gasteiger partial charge on any atom is 0.389 e. The maximum atomic E-state index is 12.1. The van der Waals surface area contributed by atoms with Crippen LogP contribution in [0, 0.1) is 0 Å². The third-order valence-corrected chi connectivity index (χ3v) is 3.57. The molecule has 0 aliphatic carbocycles. The smallest absolute Gasteiger partial charge is 0.389 e. The summed E-state index contributed by atoms with van der Waals surface area (Å²) < 4.78 is 36.3. The second kappa shape index (κ2) is 6.35. The standard InChI is InChI=1S/C14H20F3N3/c15-14(16,17)6-1-7-19-8-10-20(11-9-19)13-4-2-12(18)3-5-13/h2-5H,1,6-11,18H2. The molecule has 1 fully saturated rings. The van der Waals surface area contributed by atoms with Crippen molar-refractivity contribution >= 4 is 11.4 Å². The lowest BCUT2D eigenvalue weighted by Crippen LogP contribution is -2.46. The molecule has 1 aromatic carbocycles. The topological polar surface area (TPSA) is 32.5 Å². The molecule has 0 saturated carbocycles. The van der Waals surface area contributed by atoms with E-state index in [1.54, 1.807) is 0 Å². The van der Waals surface area contributed by atoms with Crippen LogP contribution < -0.4 is 10.6 Å². The van der Waals surface area contributed by atoms with Crippen molar-refractivity contribution in [3.05, 3.63) is 24.3 Å². The van der Waals surface area contributed by atoms with E-state index in [1.165, 1.54) is 0 Å². The molecule has 1 aliphatic heterocycles. The number of benzene rings is 1. The summed E-state index contributed by atoms with van der Waals surface area (Å²) in [6, 6.07) is 7.69. The van der Waals surface area contributed by atoms with E-state index in [0.29, 0.717) is 6.54 Å². The van der Waals surface area contributed by atoms with Gasteiger partial charge in [-0.2, -0.15) is 13.2 Å². The maximum absolute atomic E-state index is 12.1. The first kappa shape index (κ1) is 15.0. The molecule has 6 heteroatoms. The monoisotopic (exact) mass is 287 g/mol. The van der Waals surface area contributed by atoms with Gasteiger partial charge in [-0.3, -0.25) is 4.90 Å². The Balaban J connectivity index is 1.74. The first-order valence-corrected chi connectivity index (χ1v) is 6.84. The summed E-state index contributed by atoms with van der Waals surface area (Å²) in [7, 11) is 0. The molecule has 0 unspecified atom stereocenters. The number of nitrogens with two attached hydrogens (primary N) is 1. The number of nitrogens with zero attached hydrogens (tertiary/aromatic N) is 2. The van der Waals surface area contributed by atoms with Gasteiger partial charge in [-0.25, -0.2) is 0 Å². The minimum absolute atomic E-state index is 0.186. The van der Waals surface area contributed by atoms with E-state index in [1.807, 2.05) is 24.3 Å².